The van der Waals surface area contributed by atoms with Crippen molar-refractivity contribution >= 4 is 0 Å². The molecule has 1 aliphatic heterocycles. The van der Waals surface area contributed by atoms with Crippen molar-refractivity contribution in [2.24, 2.45) is 17.1 Å². The molecule has 100 valence electrons. The van der Waals surface area contributed by atoms with E-state index in [4.69, 9.17) is 5.73 Å². The van der Waals surface area contributed by atoms with Gasteiger partial charge in [-0.3, -0.25) is 0 Å². The second kappa shape index (κ2) is 5.68. The Morgan fingerprint density at radius 2 is 2.00 bits per heavy atom. The van der Waals surface area contributed by atoms with Crippen LogP contribution in [-0.4, -0.2) is 42.3 Å². The van der Waals surface area contributed by atoms with Crippen molar-refractivity contribution in [2.75, 3.05) is 26.2 Å². The minimum absolute atomic E-state index is 0.0913. The van der Waals surface area contributed by atoms with Crippen LogP contribution < -0.4 is 5.73 Å². The van der Waals surface area contributed by atoms with E-state index in [1.54, 1.807) is 0 Å². The summed E-state index contributed by atoms with van der Waals surface area (Å²) in [6.07, 6.45) is 7.53. The second-order valence-corrected chi connectivity index (χ2v) is 6.33. The van der Waals surface area contributed by atoms with Gasteiger partial charge in [-0.1, -0.05) is 26.2 Å². The van der Waals surface area contributed by atoms with E-state index < -0.39 is 0 Å². The van der Waals surface area contributed by atoms with E-state index in [0.717, 1.165) is 32.6 Å². The standard InChI is InChI=1S/C14H28N2O/c1-12-9-16(8-5-13(12)17)11-14(10-15)6-3-2-4-7-14/h12-13,17H,2-11,15H2,1H3. The second-order valence-electron chi connectivity index (χ2n) is 6.33. The molecule has 3 N–H and O–H groups in total. The van der Waals surface area contributed by atoms with E-state index >= 15 is 0 Å². The van der Waals surface area contributed by atoms with Crippen LogP contribution in [0.2, 0.25) is 0 Å². The van der Waals surface area contributed by atoms with Crippen LogP contribution in [0.15, 0.2) is 0 Å². The average molecular weight is 240 g/mol. The molecule has 0 spiro atoms. The van der Waals surface area contributed by atoms with Gasteiger partial charge in [-0.2, -0.15) is 0 Å². The van der Waals surface area contributed by atoms with Crippen molar-refractivity contribution in [3.63, 3.8) is 0 Å². The van der Waals surface area contributed by atoms with Crippen LogP contribution in [0.1, 0.15) is 45.4 Å². The summed E-state index contributed by atoms with van der Waals surface area (Å²) in [6, 6.07) is 0. The van der Waals surface area contributed by atoms with Crippen molar-refractivity contribution in [1.82, 2.24) is 4.90 Å². The lowest BCUT2D eigenvalue weighted by molar-refractivity contribution is 0.0103. The first-order valence-corrected chi connectivity index (χ1v) is 7.26. The monoisotopic (exact) mass is 240 g/mol. The third kappa shape index (κ3) is 3.21. The number of nitrogens with zero attached hydrogens (tertiary/aromatic N) is 1. The Labute approximate surface area is 105 Å². The topological polar surface area (TPSA) is 49.5 Å². The van der Waals surface area contributed by atoms with Crippen LogP contribution in [0, 0.1) is 11.3 Å². The number of hydrogen-bond acceptors (Lipinski definition) is 3. The van der Waals surface area contributed by atoms with E-state index in [1.165, 1.54) is 32.1 Å². The zero-order valence-corrected chi connectivity index (χ0v) is 11.2. The first-order valence-electron chi connectivity index (χ1n) is 7.26. The molecule has 1 saturated heterocycles. The van der Waals surface area contributed by atoms with Gasteiger partial charge in [0.15, 0.2) is 0 Å². The maximum absolute atomic E-state index is 9.77. The van der Waals surface area contributed by atoms with E-state index in [2.05, 4.69) is 11.8 Å². The molecule has 2 unspecified atom stereocenters. The molecule has 0 aromatic heterocycles. The fraction of sp³-hybridized carbons (Fsp3) is 1.00. The van der Waals surface area contributed by atoms with Gasteiger partial charge in [0.2, 0.25) is 0 Å². The Hall–Kier alpha value is -0.120. The Balaban J connectivity index is 1.90. The summed E-state index contributed by atoms with van der Waals surface area (Å²) in [5.41, 5.74) is 6.42. The highest BCUT2D eigenvalue weighted by atomic mass is 16.3. The molecule has 1 heterocycles. The van der Waals surface area contributed by atoms with Gasteiger partial charge in [0.1, 0.15) is 0 Å². The summed E-state index contributed by atoms with van der Waals surface area (Å²) in [5, 5.41) is 9.77. The molecular formula is C14H28N2O. The van der Waals surface area contributed by atoms with Crippen LogP contribution in [0.3, 0.4) is 0 Å². The lowest BCUT2D eigenvalue weighted by Crippen LogP contribution is -2.49. The molecule has 1 saturated carbocycles. The van der Waals surface area contributed by atoms with Gasteiger partial charge in [0, 0.05) is 19.6 Å². The van der Waals surface area contributed by atoms with Crippen LogP contribution in [-0.2, 0) is 0 Å². The Bertz CT molecular complexity index is 238. The highest BCUT2D eigenvalue weighted by Gasteiger charge is 2.34. The van der Waals surface area contributed by atoms with Gasteiger partial charge in [-0.05, 0) is 37.1 Å². The maximum Gasteiger partial charge on any atom is 0.0590 e. The van der Waals surface area contributed by atoms with Gasteiger partial charge < -0.3 is 15.7 Å². The van der Waals surface area contributed by atoms with E-state index in [-0.39, 0.29) is 6.10 Å². The van der Waals surface area contributed by atoms with Crippen molar-refractivity contribution in [3.8, 4) is 0 Å². The predicted octanol–water partition coefficient (Wildman–Crippen LogP) is 1.60. The minimum atomic E-state index is -0.0913. The predicted molar refractivity (Wildman–Crippen MR) is 70.8 cm³/mol. The number of rotatable bonds is 3. The zero-order valence-electron chi connectivity index (χ0n) is 11.2. The first kappa shape index (κ1) is 13.3. The van der Waals surface area contributed by atoms with Crippen LogP contribution >= 0.6 is 0 Å². The molecule has 0 radical (unpaired) electrons. The molecule has 3 nitrogen and oxygen atoms in total. The number of aliphatic hydroxyl groups excluding tert-OH is 1. The molecule has 0 aromatic rings. The van der Waals surface area contributed by atoms with Gasteiger partial charge >= 0.3 is 0 Å². The number of aliphatic hydroxyl groups is 1. The molecule has 0 bridgehead atoms. The summed E-state index contributed by atoms with van der Waals surface area (Å²) >= 11 is 0. The number of likely N-dealkylation sites (tertiary alicyclic amines) is 1. The van der Waals surface area contributed by atoms with Crippen LogP contribution in [0.4, 0.5) is 0 Å². The first-order chi connectivity index (χ1) is 8.15. The van der Waals surface area contributed by atoms with Gasteiger partial charge in [-0.25, -0.2) is 0 Å². The van der Waals surface area contributed by atoms with E-state index in [0.29, 0.717) is 11.3 Å². The molecule has 2 atom stereocenters. The third-order valence-electron chi connectivity index (χ3n) is 4.85. The molecular weight excluding hydrogens is 212 g/mol. The van der Waals surface area contributed by atoms with Crippen LogP contribution in [0.25, 0.3) is 0 Å². The molecule has 1 aliphatic carbocycles. The van der Waals surface area contributed by atoms with Crippen molar-refractivity contribution in [2.45, 2.75) is 51.6 Å². The van der Waals surface area contributed by atoms with E-state index in [9.17, 15) is 5.11 Å². The zero-order chi connectivity index (χ0) is 12.3. The minimum Gasteiger partial charge on any atom is -0.393 e. The summed E-state index contributed by atoms with van der Waals surface area (Å²) < 4.78 is 0. The van der Waals surface area contributed by atoms with Crippen molar-refractivity contribution in [1.29, 1.82) is 0 Å². The Morgan fingerprint density at radius 3 is 2.59 bits per heavy atom. The molecule has 17 heavy (non-hydrogen) atoms. The fourth-order valence-corrected chi connectivity index (χ4v) is 3.57. The number of hydrogen-bond donors (Lipinski definition) is 2. The highest BCUT2D eigenvalue weighted by Crippen LogP contribution is 2.36. The third-order valence-corrected chi connectivity index (χ3v) is 4.85. The van der Waals surface area contributed by atoms with Gasteiger partial charge in [-0.15, -0.1) is 0 Å². The van der Waals surface area contributed by atoms with Crippen LogP contribution in [0.5, 0.6) is 0 Å². The Kier molecular flexibility index (Phi) is 4.45. The van der Waals surface area contributed by atoms with Crippen molar-refractivity contribution < 1.29 is 5.11 Å². The molecule has 2 rings (SSSR count). The summed E-state index contributed by atoms with van der Waals surface area (Å²) in [4.78, 5) is 2.54. The normalized spacial score (nSPS) is 34.8. The molecule has 3 heteroatoms. The number of nitrogens with two attached hydrogens (primary N) is 1. The SMILES string of the molecule is CC1CN(CC2(CN)CCCCC2)CCC1O. The van der Waals surface area contributed by atoms with Gasteiger partial charge in [0.25, 0.3) is 0 Å². The average Bonchev–Trinajstić information content (AvgIpc) is 2.35. The maximum atomic E-state index is 9.77. The Morgan fingerprint density at radius 1 is 1.29 bits per heavy atom. The quantitative estimate of drug-likeness (QED) is 0.788. The largest absolute Gasteiger partial charge is 0.393 e. The smallest absolute Gasteiger partial charge is 0.0590 e. The fourth-order valence-electron chi connectivity index (χ4n) is 3.57. The molecule has 0 aromatic carbocycles. The van der Waals surface area contributed by atoms with Crippen molar-refractivity contribution in [3.05, 3.63) is 0 Å². The molecule has 0 amide bonds. The lowest BCUT2D eigenvalue weighted by atomic mass is 9.73. The molecule has 2 aliphatic rings. The summed E-state index contributed by atoms with van der Waals surface area (Å²) in [6.45, 7) is 6.24. The summed E-state index contributed by atoms with van der Waals surface area (Å²) in [5.74, 6) is 0.419. The summed E-state index contributed by atoms with van der Waals surface area (Å²) in [7, 11) is 0. The highest BCUT2D eigenvalue weighted by molar-refractivity contribution is 4.89. The molecule has 2 fully saturated rings. The lowest BCUT2D eigenvalue weighted by Gasteiger charge is -2.43. The number of piperidine rings is 1. The van der Waals surface area contributed by atoms with E-state index in [1.807, 2.05) is 0 Å². The van der Waals surface area contributed by atoms with Gasteiger partial charge in [0.05, 0.1) is 6.10 Å².